The minimum absolute atomic E-state index is 0.0169. The van der Waals surface area contributed by atoms with Gasteiger partial charge < -0.3 is 14.0 Å². The van der Waals surface area contributed by atoms with Gasteiger partial charge in [-0.25, -0.2) is 13.6 Å². The standard InChI is InChI=1S/C19H19Cl2N3O5S2/c1-2-28-8-7-24-15-5-4-13(31(22,26)27)10-17(15)30-19(24)23-18(25)11-29-16-6-3-12(20)9-14(16)21/h3-6,9-10H,2,7-8,11H2,1H3,(H2,22,26,27). The van der Waals surface area contributed by atoms with Crippen LogP contribution in [-0.2, 0) is 26.1 Å². The second-order valence-corrected chi connectivity index (χ2v) is 9.69. The average Bonchev–Trinajstić information content (AvgIpc) is 3.03. The molecule has 0 atom stereocenters. The number of carbonyl (C=O) groups is 1. The summed E-state index contributed by atoms with van der Waals surface area (Å²) in [5, 5.41) is 5.96. The Labute approximate surface area is 192 Å². The maximum Gasteiger partial charge on any atom is 0.286 e. The van der Waals surface area contributed by atoms with Gasteiger partial charge in [-0.3, -0.25) is 4.79 Å². The predicted molar refractivity (Wildman–Crippen MR) is 120 cm³/mol. The third-order valence-corrected chi connectivity index (χ3v) is 6.59. The molecule has 0 unspecified atom stereocenters. The van der Waals surface area contributed by atoms with Crippen LogP contribution in [0.3, 0.4) is 0 Å². The van der Waals surface area contributed by atoms with Crippen LogP contribution < -0.4 is 14.7 Å². The Morgan fingerprint density at radius 3 is 2.68 bits per heavy atom. The molecule has 166 valence electrons. The summed E-state index contributed by atoms with van der Waals surface area (Å²) in [5.74, 6) is -0.220. The molecule has 31 heavy (non-hydrogen) atoms. The molecular formula is C19H19Cl2N3O5S2. The second kappa shape index (κ2) is 10.1. The van der Waals surface area contributed by atoms with Crippen molar-refractivity contribution in [2.45, 2.75) is 18.4 Å². The molecule has 0 radical (unpaired) electrons. The molecular weight excluding hydrogens is 485 g/mol. The number of fused-ring (bicyclic) bond motifs is 1. The molecule has 1 aromatic heterocycles. The van der Waals surface area contributed by atoms with E-state index in [2.05, 4.69) is 4.99 Å². The number of hydrogen-bond donors (Lipinski definition) is 1. The summed E-state index contributed by atoms with van der Waals surface area (Å²) in [4.78, 5) is 16.9. The molecule has 2 aromatic carbocycles. The highest BCUT2D eigenvalue weighted by Crippen LogP contribution is 2.27. The fourth-order valence-electron chi connectivity index (χ4n) is 2.70. The molecule has 2 N–H and O–H groups in total. The van der Waals surface area contributed by atoms with Crippen LogP contribution in [0.5, 0.6) is 5.75 Å². The Kier molecular flexibility index (Phi) is 7.73. The molecule has 3 aromatic rings. The molecule has 1 heterocycles. The lowest BCUT2D eigenvalue weighted by Crippen LogP contribution is -2.21. The van der Waals surface area contributed by atoms with Crippen LogP contribution >= 0.6 is 34.5 Å². The number of rotatable bonds is 8. The van der Waals surface area contributed by atoms with Crippen LogP contribution in [0.2, 0.25) is 10.0 Å². The molecule has 8 nitrogen and oxygen atoms in total. The van der Waals surface area contributed by atoms with E-state index in [4.69, 9.17) is 37.8 Å². The molecule has 0 bridgehead atoms. The molecule has 0 fully saturated rings. The monoisotopic (exact) mass is 503 g/mol. The first-order chi connectivity index (χ1) is 14.7. The summed E-state index contributed by atoms with van der Waals surface area (Å²) in [7, 11) is -3.85. The number of carbonyl (C=O) groups excluding carboxylic acids is 1. The van der Waals surface area contributed by atoms with Gasteiger partial charge in [0.15, 0.2) is 11.4 Å². The Bertz CT molecular complexity index is 1290. The molecule has 1 amide bonds. The van der Waals surface area contributed by atoms with Crippen LogP contribution in [0.1, 0.15) is 6.92 Å². The smallest absolute Gasteiger partial charge is 0.286 e. The quantitative estimate of drug-likeness (QED) is 0.474. The van der Waals surface area contributed by atoms with Crippen LogP contribution in [-0.4, -0.2) is 38.7 Å². The van der Waals surface area contributed by atoms with Crippen molar-refractivity contribution in [3.05, 3.63) is 51.2 Å². The maximum absolute atomic E-state index is 12.4. The van der Waals surface area contributed by atoms with Crippen LogP contribution in [0.25, 0.3) is 10.2 Å². The third kappa shape index (κ3) is 6.06. The van der Waals surface area contributed by atoms with Crippen molar-refractivity contribution < 1.29 is 22.7 Å². The molecule has 0 spiro atoms. The van der Waals surface area contributed by atoms with Gasteiger partial charge >= 0.3 is 0 Å². The SMILES string of the molecule is CCOCCn1c(=NC(=O)COc2ccc(Cl)cc2Cl)sc2cc(S(N)(=O)=O)ccc21. The van der Waals surface area contributed by atoms with Crippen molar-refractivity contribution in [3.8, 4) is 5.75 Å². The van der Waals surface area contributed by atoms with Gasteiger partial charge in [0.1, 0.15) is 5.75 Å². The van der Waals surface area contributed by atoms with Crippen molar-refractivity contribution in [3.63, 3.8) is 0 Å². The highest BCUT2D eigenvalue weighted by Gasteiger charge is 2.14. The van der Waals surface area contributed by atoms with E-state index in [-0.39, 0.29) is 16.5 Å². The summed E-state index contributed by atoms with van der Waals surface area (Å²) >= 11 is 13.1. The number of halogens is 2. The maximum atomic E-state index is 12.4. The van der Waals surface area contributed by atoms with Crippen LogP contribution in [0.4, 0.5) is 0 Å². The molecule has 0 aliphatic rings. The summed E-state index contributed by atoms with van der Waals surface area (Å²) in [6.45, 7) is 2.92. The molecule has 12 heteroatoms. The van der Waals surface area contributed by atoms with E-state index in [1.165, 1.54) is 29.5 Å². The van der Waals surface area contributed by atoms with Crippen molar-refractivity contribution in [2.24, 2.45) is 10.1 Å². The first kappa shape index (κ1) is 23.7. The number of thiazole rings is 1. The topological polar surface area (TPSA) is 113 Å². The summed E-state index contributed by atoms with van der Waals surface area (Å²) in [5.41, 5.74) is 0.713. The minimum atomic E-state index is -3.85. The van der Waals surface area contributed by atoms with E-state index in [9.17, 15) is 13.2 Å². The largest absolute Gasteiger partial charge is 0.482 e. The Morgan fingerprint density at radius 2 is 2.00 bits per heavy atom. The number of nitrogens with two attached hydrogens (primary N) is 1. The number of aromatic nitrogens is 1. The van der Waals surface area contributed by atoms with Gasteiger partial charge in [0.05, 0.1) is 26.7 Å². The van der Waals surface area contributed by atoms with Crippen LogP contribution in [0.15, 0.2) is 46.3 Å². The van der Waals surface area contributed by atoms with Gasteiger partial charge in [0.2, 0.25) is 10.0 Å². The van der Waals surface area contributed by atoms with E-state index < -0.39 is 15.9 Å². The van der Waals surface area contributed by atoms with Crippen LogP contribution in [0, 0.1) is 0 Å². The van der Waals surface area contributed by atoms with Crippen molar-refractivity contribution >= 4 is 60.7 Å². The van der Waals surface area contributed by atoms with Gasteiger partial charge in [0.25, 0.3) is 5.91 Å². The van der Waals surface area contributed by atoms with Gasteiger partial charge in [-0.05, 0) is 43.3 Å². The highest BCUT2D eigenvalue weighted by atomic mass is 35.5. The Morgan fingerprint density at radius 1 is 1.23 bits per heavy atom. The van der Waals surface area contributed by atoms with Crippen molar-refractivity contribution in [2.75, 3.05) is 19.8 Å². The Balaban J connectivity index is 1.92. The van der Waals surface area contributed by atoms with Crippen molar-refractivity contribution in [1.82, 2.24) is 4.57 Å². The zero-order valence-corrected chi connectivity index (χ0v) is 19.5. The lowest BCUT2D eigenvalue weighted by molar-refractivity contribution is -0.120. The van der Waals surface area contributed by atoms with Gasteiger partial charge in [-0.1, -0.05) is 34.5 Å². The van der Waals surface area contributed by atoms with Crippen molar-refractivity contribution in [1.29, 1.82) is 0 Å². The number of hydrogen-bond acceptors (Lipinski definition) is 6. The fraction of sp³-hybridized carbons (Fsp3) is 0.263. The first-order valence-corrected chi connectivity index (χ1v) is 12.2. The number of benzene rings is 2. The fourth-order valence-corrected chi connectivity index (χ4v) is 4.89. The molecule has 0 aliphatic heterocycles. The zero-order valence-electron chi connectivity index (χ0n) is 16.4. The average molecular weight is 504 g/mol. The van der Waals surface area contributed by atoms with E-state index in [0.717, 1.165) is 0 Å². The molecule has 0 aliphatic carbocycles. The lowest BCUT2D eigenvalue weighted by Gasteiger charge is -2.07. The number of nitrogens with zero attached hydrogens (tertiary/aromatic N) is 2. The van der Waals surface area contributed by atoms with E-state index in [1.807, 2.05) is 6.92 Å². The lowest BCUT2D eigenvalue weighted by atomic mass is 10.3. The number of primary sulfonamides is 1. The van der Waals surface area contributed by atoms with Gasteiger partial charge in [-0.15, -0.1) is 0 Å². The van der Waals surface area contributed by atoms with Gasteiger partial charge in [0, 0.05) is 18.2 Å². The highest BCUT2D eigenvalue weighted by molar-refractivity contribution is 7.89. The van der Waals surface area contributed by atoms with E-state index in [1.54, 1.807) is 22.8 Å². The number of amides is 1. The summed E-state index contributed by atoms with van der Waals surface area (Å²) in [6.07, 6.45) is 0. The number of ether oxygens (including phenoxy) is 2. The molecule has 0 saturated heterocycles. The minimum Gasteiger partial charge on any atom is -0.482 e. The predicted octanol–water partition coefficient (Wildman–Crippen LogP) is 3.20. The zero-order chi connectivity index (χ0) is 22.6. The number of sulfonamides is 1. The van der Waals surface area contributed by atoms with E-state index in [0.29, 0.717) is 45.5 Å². The molecule has 0 saturated carbocycles. The second-order valence-electron chi connectivity index (χ2n) is 6.28. The van der Waals surface area contributed by atoms with Gasteiger partial charge in [-0.2, -0.15) is 4.99 Å². The van der Waals surface area contributed by atoms with E-state index >= 15 is 0 Å². The normalized spacial score (nSPS) is 12.5. The first-order valence-electron chi connectivity index (χ1n) is 9.08. The summed E-state index contributed by atoms with van der Waals surface area (Å²) < 4.78 is 36.6. The summed E-state index contributed by atoms with van der Waals surface area (Å²) in [6, 6.07) is 9.18. The molecule has 3 rings (SSSR count). The Hall–Kier alpha value is -1.95. The third-order valence-electron chi connectivity index (χ3n) is 4.11.